The molecule has 0 radical (unpaired) electrons. The van der Waals surface area contributed by atoms with Crippen molar-refractivity contribution in [3.63, 3.8) is 0 Å². The molecule has 2 N–H and O–H groups in total. The number of hydrogen-bond acceptors (Lipinski definition) is 9. The Morgan fingerprint density at radius 1 is 0.978 bits per heavy atom. The second-order valence-corrected chi connectivity index (χ2v) is 13.1. The van der Waals surface area contributed by atoms with Gasteiger partial charge in [0.05, 0.1) is 24.2 Å². The van der Waals surface area contributed by atoms with E-state index in [-0.39, 0.29) is 23.8 Å². The van der Waals surface area contributed by atoms with E-state index in [4.69, 9.17) is 19.4 Å². The van der Waals surface area contributed by atoms with E-state index in [1.165, 1.54) is 9.47 Å². The number of carbonyl (C=O) groups excluding carboxylic acids is 2. The second kappa shape index (κ2) is 13.3. The number of para-hydroxylation sites is 2. The first kappa shape index (κ1) is 31.9. The highest BCUT2D eigenvalue weighted by atomic mass is 19.3. The lowest BCUT2D eigenvalue weighted by molar-refractivity contribution is -0.126. The summed E-state index contributed by atoms with van der Waals surface area (Å²) in [6.45, 7) is 8.18. The van der Waals surface area contributed by atoms with Crippen LogP contribution in [0.25, 0.3) is 16.9 Å². The van der Waals surface area contributed by atoms with E-state index < -0.39 is 24.2 Å². The molecular weight excluding hydrogens is 598 g/mol. The topological polar surface area (TPSA) is 127 Å². The van der Waals surface area contributed by atoms with Crippen LogP contribution in [0.3, 0.4) is 0 Å². The Morgan fingerprint density at radius 3 is 2.41 bits per heavy atom. The number of benzene rings is 1. The van der Waals surface area contributed by atoms with Crippen molar-refractivity contribution < 1.29 is 27.8 Å². The number of fused-ring (bicyclic) bond motifs is 1. The van der Waals surface area contributed by atoms with Gasteiger partial charge in [-0.15, -0.1) is 0 Å². The molecule has 4 heterocycles. The molecule has 46 heavy (non-hydrogen) atoms. The van der Waals surface area contributed by atoms with E-state index in [1.54, 1.807) is 30.3 Å². The molecule has 2 aromatic heterocycles. The summed E-state index contributed by atoms with van der Waals surface area (Å²) in [6.07, 6.45) is 1.16. The van der Waals surface area contributed by atoms with Crippen molar-refractivity contribution in [1.82, 2.24) is 29.7 Å². The SMILES string of the molecule is CC(C)(C)OC(=O)N1CCC[C@H]1C(=O)NC1CCC(Nc2cc(-n3c(C(F)F)nc4ccccc43)nc(N3CCOCC3)n2)CC1. The minimum Gasteiger partial charge on any atom is -0.444 e. The van der Waals surface area contributed by atoms with Crippen molar-refractivity contribution in [1.29, 1.82) is 0 Å². The fraction of sp³-hybridized carbons (Fsp3) is 0.594. The Kier molecular flexibility index (Phi) is 9.25. The van der Waals surface area contributed by atoms with E-state index >= 15 is 0 Å². The van der Waals surface area contributed by atoms with Crippen LogP contribution in [0.4, 0.5) is 25.3 Å². The van der Waals surface area contributed by atoms with Crippen molar-refractivity contribution in [2.45, 2.75) is 89.4 Å². The number of anilines is 2. The minimum atomic E-state index is -2.79. The van der Waals surface area contributed by atoms with Crippen molar-refractivity contribution >= 4 is 34.8 Å². The van der Waals surface area contributed by atoms with Crippen molar-refractivity contribution in [3.8, 4) is 5.82 Å². The molecule has 2 saturated heterocycles. The van der Waals surface area contributed by atoms with Gasteiger partial charge in [-0.25, -0.2) is 18.6 Å². The Morgan fingerprint density at radius 2 is 1.70 bits per heavy atom. The van der Waals surface area contributed by atoms with Gasteiger partial charge in [-0.1, -0.05) is 12.1 Å². The zero-order chi connectivity index (χ0) is 32.4. The Balaban J connectivity index is 1.15. The zero-order valence-electron chi connectivity index (χ0n) is 26.5. The summed E-state index contributed by atoms with van der Waals surface area (Å²) in [4.78, 5) is 43.1. The van der Waals surface area contributed by atoms with Gasteiger partial charge in [0.25, 0.3) is 6.43 Å². The van der Waals surface area contributed by atoms with Gasteiger partial charge in [0, 0.05) is 37.8 Å². The van der Waals surface area contributed by atoms with Gasteiger partial charge in [0.2, 0.25) is 11.9 Å². The molecule has 0 spiro atoms. The molecule has 2 amide bonds. The summed E-state index contributed by atoms with van der Waals surface area (Å²) in [5, 5.41) is 6.68. The maximum absolute atomic E-state index is 14.2. The Bertz CT molecular complexity index is 1550. The number of ether oxygens (including phenoxy) is 2. The summed E-state index contributed by atoms with van der Waals surface area (Å²) >= 11 is 0. The number of amides is 2. The maximum atomic E-state index is 14.2. The standard InChI is InChI=1S/C32H42F2N8O4/c1-32(2,3)46-31(44)41-14-6-9-24(41)29(43)36-21-12-10-20(11-13-21)35-25-19-26(39-30(38-25)40-15-17-45-18-16-40)42-23-8-5-4-7-22(23)37-28(42)27(33)34/h4-5,7-8,19-21,24,27H,6,9-18H2,1-3H3,(H,36,43)(H,35,38,39)/t20?,21?,24-/m0/s1. The number of nitrogens with zero attached hydrogens (tertiary/aromatic N) is 6. The van der Waals surface area contributed by atoms with Crippen LogP contribution in [-0.4, -0.2) is 93.0 Å². The fourth-order valence-electron chi connectivity index (χ4n) is 6.41. The summed E-state index contributed by atoms with van der Waals surface area (Å²) in [6, 6.07) is 8.24. The number of rotatable bonds is 7. The molecule has 248 valence electrons. The monoisotopic (exact) mass is 640 g/mol. The molecule has 6 rings (SSSR count). The van der Waals surface area contributed by atoms with Crippen LogP contribution in [0.1, 0.15) is 71.5 Å². The number of carbonyl (C=O) groups is 2. The predicted molar refractivity (Wildman–Crippen MR) is 168 cm³/mol. The van der Waals surface area contributed by atoms with Gasteiger partial charge >= 0.3 is 6.09 Å². The first-order chi connectivity index (χ1) is 22.1. The van der Waals surface area contributed by atoms with E-state index in [0.717, 1.165) is 32.1 Å². The Hall–Kier alpha value is -4.07. The van der Waals surface area contributed by atoms with E-state index in [0.29, 0.717) is 67.9 Å². The molecule has 0 unspecified atom stereocenters. The number of hydrogen-bond donors (Lipinski definition) is 2. The second-order valence-electron chi connectivity index (χ2n) is 13.1. The molecule has 3 aromatic rings. The third-order valence-electron chi connectivity index (χ3n) is 8.61. The number of morpholine rings is 1. The molecule has 1 aromatic carbocycles. The molecule has 0 bridgehead atoms. The molecule has 1 aliphatic carbocycles. The van der Waals surface area contributed by atoms with Crippen LogP contribution < -0.4 is 15.5 Å². The van der Waals surface area contributed by atoms with Gasteiger partial charge in [-0.05, 0) is 71.4 Å². The van der Waals surface area contributed by atoms with Crippen LogP contribution in [0, 0.1) is 0 Å². The minimum absolute atomic E-state index is 0.0116. The third kappa shape index (κ3) is 7.16. The molecule has 1 saturated carbocycles. The first-order valence-electron chi connectivity index (χ1n) is 16.1. The van der Waals surface area contributed by atoms with Crippen LogP contribution in [-0.2, 0) is 14.3 Å². The number of imidazole rings is 1. The average Bonchev–Trinajstić information content (AvgIpc) is 3.68. The average molecular weight is 641 g/mol. The fourth-order valence-corrected chi connectivity index (χ4v) is 6.41. The van der Waals surface area contributed by atoms with Crippen LogP contribution in [0.2, 0.25) is 0 Å². The summed E-state index contributed by atoms with van der Waals surface area (Å²) < 4.78 is 40.8. The van der Waals surface area contributed by atoms with Crippen LogP contribution in [0.15, 0.2) is 30.3 Å². The lowest BCUT2D eigenvalue weighted by Gasteiger charge is -2.33. The van der Waals surface area contributed by atoms with Gasteiger partial charge in [0.15, 0.2) is 5.82 Å². The smallest absolute Gasteiger partial charge is 0.410 e. The summed E-state index contributed by atoms with van der Waals surface area (Å²) in [5.41, 5.74) is 0.377. The third-order valence-corrected chi connectivity index (χ3v) is 8.61. The van der Waals surface area contributed by atoms with Gasteiger partial charge in [0.1, 0.15) is 23.3 Å². The normalized spacial score (nSPS) is 22.3. The van der Waals surface area contributed by atoms with Crippen LogP contribution in [0.5, 0.6) is 0 Å². The summed E-state index contributed by atoms with van der Waals surface area (Å²) in [5.74, 6) is 0.777. The number of aromatic nitrogens is 4. The van der Waals surface area contributed by atoms with Crippen molar-refractivity contribution in [3.05, 3.63) is 36.2 Å². The number of nitrogens with one attached hydrogen (secondary N) is 2. The van der Waals surface area contributed by atoms with E-state index in [2.05, 4.69) is 15.6 Å². The molecule has 2 aliphatic heterocycles. The number of likely N-dealkylation sites (tertiary alicyclic amines) is 1. The van der Waals surface area contributed by atoms with Gasteiger partial charge < -0.3 is 25.0 Å². The lowest BCUT2D eigenvalue weighted by atomic mass is 9.91. The molecule has 3 fully saturated rings. The number of alkyl halides is 2. The lowest BCUT2D eigenvalue weighted by Crippen LogP contribution is -2.50. The molecular formula is C32H42F2N8O4. The predicted octanol–water partition coefficient (Wildman–Crippen LogP) is 4.83. The highest BCUT2D eigenvalue weighted by molar-refractivity contribution is 5.86. The highest BCUT2D eigenvalue weighted by Crippen LogP contribution is 2.30. The maximum Gasteiger partial charge on any atom is 0.410 e. The molecule has 3 aliphatic rings. The summed E-state index contributed by atoms with van der Waals surface area (Å²) in [7, 11) is 0. The van der Waals surface area contributed by atoms with Crippen LogP contribution >= 0.6 is 0 Å². The number of halogens is 2. The van der Waals surface area contributed by atoms with Gasteiger partial charge in [-0.2, -0.15) is 9.97 Å². The Labute approximate surface area is 266 Å². The highest BCUT2D eigenvalue weighted by Gasteiger charge is 2.37. The van der Waals surface area contributed by atoms with Crippen molar-refractivity contribution in [2.75, 3.05) is 43.1 Å². The molecule has 14 heteroatoms. The van der Waals surface area contributed by atoms with Crippen molar-refractivity contribution in [2.24, 2.45) is 0 Å². The zero-order valence-corrected chi connectivity index (χ0v) is 26.5. The molecule has 1 atom stereocenters. The first-order valence-corrected chi connectivity index (χ1v) is 16.1. The largest absolute Gasteiger partial charge is 0.444 e. The van der Waals surface area contributed by atoms with Gasteiger partial charge in [-0.3, -0.25) is 14.3 Å². The quantitative estimate of drug-likeness (QED) is 0.374. The molecule has 12 nitrogen and oxygen atoms in total. The van der Waals surface area contributed by atoms with E-state index in [9.17, 15) is 18.4 Å². The van der Waals surface area contributed by atoms with E-state index in [1.807, 2.05) is 25.7 Å².